The van der Waals surface area contributed by atoms with Gasteiger partial charge in [0.1, 0.15) is 25.9 Å². The molecule has 0 aromatic carbocycles. The average Bonchev–Trinajstić information content (AvgIpc) is 2.39. The van der Waals surface area contributed by atoms with Crippen LogP contribution in [0.5, 0.6) is 0 Å². The summed E-state index contributed by atoms with van der Waals surface area (Å²) >= 11 is 1.67. The normalized spacial score (nSPS) is 11.7. The van der Waals surface area contributed by atoms with Gasteiger partial charge in [0.15, 0.2) is 0 Å². The molecule has 0 spiro atoms. The first-order valence-electron chi connectivity index (χ1n) is 30.5. The van der Waals surface area contributed by atoms with Crippen molar-refractivity contribution in [3.05, 3.63) is 167 Å². The standard InChI is InChI=1S/C11H15N.C9H13N.2C8H12N2.C8H14N2.C7H10N2.C7H11NS.C6H13NO.C5H11NO.CH4/c1-9(2)11(6-7-11)10-5-3-4-8-12-10;1-8(2)7-9-5-3-4-6-10-9;1-6(2)8-5-9-7(3)4-10-8;1-6(2)8-9-4-7(3)5-10-8;1-7(2)6-8-4-5-9-10(8)3;1-6(2)7-3-8-5-9-4-7;1-6(2)3-7-4-9-5-8-7;1-4-8-7-5-6(2)3;1-5(2)4-6-7-3;/h3-5,8-9H,6-7H2,1-2H3;3-6,8H,7H2,1-2H3;2*4-6H,1-3H3;4-5,7H,6H2,1-3H3;3-6H,1-2H3;4-6H,3H2,1-2H3;5-6H,4H2,1-3H3;4-5H,1-3H3;1H4/b;;;;;;;7-5-;;. The summed E-state index contributed by atoms with van der Waals surface area (Å²) in [7, 11) is 3.52. The van der Waals surface area contributed by atoms with Gasteiger partial charge >= 0.3 is 0 Å². The summed E-state index contributed by atoms with van der Waals surface area (Å²) in [4.78, 5) is 46.4. The maximum Gasteiger partial charge on any atom is 0.130 e. The summed E-state index contributed by atoms with van der Waals surface area (Å²) in [5, 5.41) is 13.4. The molecule has 1 aliphatic rings. The number of aryl methyl sites for hydroxylation is 3. The van der Waals surface area contributed by atoms with Crippen molar-refractivity contribution in [2.24, 2.45) is 52.9 Å². The highest BCUT2D eigenvalue weighted by Gasteiger charge is 2.47. The molecule has 7 aromatic heterocycles. The molecule has 7 heterocycles. The van der Waals surface area contributed by atoms with Crippen molar-refractivity contribution in [1.29, 1.82) is 0 Å². The fourth-order valence-electron chi connectivity index (χ4n) is 7.07. The molecule has 0 atom stereocenters. The fourth-order valence-corrected chi connectivity index (χ4v) is 7.64. The lowest BCUT2D eigenvalue weighted by atomic mass is 9.89. The topological polar surface area (TPSA) is 177 Å². The van der Waals surface area contributed by atoms with Crippen LogP contribution in [0.25, 0.3) is 0 Å². The molecule has 478 valence electrons. The summed E-state index contributed by atoms with van der Waals surface area (Å²) in [6.45, 7) is 45.2. The van der Waals surface area contributed by atoms with E-state index in [2.05, 4.69) is 206 Å². The summed E-state index contributed by atoms with van der Waals surface area (Å²) in [6, 6.07) is 14.4. The number of nitrogens with zero attached hydrogens (tertiary/aromatic N) is 13. The second kappa shape index (κ2) is 48.4. The number of aromatic nitrogens is 11. The molecule has 0 radical (unpaired) electrons. The van der Waals surface area contributed by atoms with Crippen LogP contribution in [-0.4, -0.2) is 80.8 Å². The van der Waals surface area contributed by atoms with Gasteiger partial charge in [-0.2, -0.15) is 5.10 Å². The Morgan fingerprint density at radius 3 is 1.53 bits per heavy atom. The fraction of sp³-hybridized carbons (Fsp3) is 0.571. The number of hydrogen-bond donors (Lipinski definition) is 0. The van der Waals surface area contributed by atoms with Gasteiger partial charge in [-0.1, -0.05) is 154 Å². The maximum absolute atomic E-state index is 4.71. The number of thiazole rings is 1. The van der Waals surface area contributed by atoms with Crippen LogP contribution in [0.3, 0.4) is 0 Å². The van der Waals surface area contributed by atoms with E-state index in [0.29, 0.717) is 47.5 Å². The van der Waals surface area contributed by atoms with E-state index in [4.69, 9.17) is 4.84 Å². The highest BCUT2D eigenvalue weighted by Crippen LogP contribution is 2.52. The predicted molar refractivity (Wildman–Crippen MR) is 365 cm³/mol. The van der Waals surface area contributed by atoms with E-state index in [9.17, 15) is 0 Å². The van der Waals surface area contributed by atoms with Crippen molar-refractivity contribution in [2.75, 3.05) is 13.7 Å². The third-order valence-corrected chi connectivity index (χ3v) is 12.7. The molecular formula is C70H115N13O2S. The zero-order chi connectivity index (χ0) is 64.2. The maximum atomic E-state index is 4.71. The van der Waals surface area contributed by atoms with Gasteiger partial charge in [-0.05, 0) is 142 Å². The molecule has 0 saturated heterocycles. The van der Waals surface area contributed by atoms with Crippen molar-refractivity contribution in [3.8, 4) is 0 Å². The molecule has 1 aliphatic carbocycles. The highest BCUT2D eigenvalue weighted by molar-refractivity contribution is 7.07. The van der Waals surface area contributed by atoms with E-state index >= 15 is 0 Å². The van der Waals surface area contributed by atoms with Gasteiger partial charge in [-0.15, -0.1) is 11.3 Å². The van der Waals surface area contributed by atoms with Crippen LogP contribution < -0.4 is 0 Å². The Hall–Kier alpha value is -6.68. The lowest BCUT2D eigenvalue weighted by Crippen LogP contribution is -2.15. The molecule has 0 unspecified atom stereocenters. The van der Waals surface area contributed by atoms with Crippen LogP contribution in [0.2, 0.25) is 0 Å². The highest BCUT2D eigenvalue weighted by atomic mass is 32.1. The van der Waals surface area contributed by atoms with Gasteiger partial charge in [0.2, 0.25) is 0 Å². The Bertz CT molecular complexity index is 2600. The van der Waals surface area contributed by atoms with Gasteiger partial charge in [-0.3, -0.25) is 24.6 Å². The predicted octanol–water partition coefficient (Wildman–Crippen LogP) is 18.0. The number of pyridine rings is 2. The first-order valence-corrected chi connectivity index (χ1v) is 31.4. The van der Waals surface area contributed by atoms with Crippen molar-refractivity contribution in [2.45, 2.75) is 208 Å². The smallest absolute Gasteiger partial charge is 0.130 e. The van der Waals surface area contributed by atoms with E-state index in [1.807, 2.05) is 120 Å². The average molecular weight is 1200 g/mol. The van der Waals surface area contributed by atoms with Crippen LogP contribution in [0.1, 0.15) is 221 Å². The lowest BCUT2D eigenvalue weighted by Gasteiger charge is -2.18. The Kier molecular flexibility index (Phi) is 45.8. The van der Waals surface area contributed by atoms with Gasteiger partial charge in [-0.25, -0.2) is 24.9 Å². The Morgan fingerprint density at radius 2 is 1.16 bits per heavy atom. The van der Waals surface area contributed by atoms with Gasteiger partial charge < -0.3 is 9.68 Å². The number of rotatable bonds is 16. The van der Waals surface area contributed by atoms with Crippen LogP contribution in [0, 0.1) is 49.4 Å². The van der Waals surface area contributed by atoms with E-state index in [1.165, 1.54) is 41.2 Å². The number of hydrogen-bond acceptors (Lipinski definition) is 15. The zero-order valence-electron chi connectivity index (χ0n) is 56.6. The molecule has 8 rings (SSSR count). The monoisotopic (exact) mass is 1200 g/mol. The van der Waals surface area contributed by atoms with Gasteiger partial charge in [0.25, 0.3) is 0 Å². The minimum absolute atomic E-state index is 0. The first kappa shape index (κ1) is 81.4. The van der Waals surface area contributed by atoms with E-state index in [0.717, 1.165) is 59.8 Å². The Labute approximate surface area is 526 Å². The largest absolute Gasteiger partial charge is 0.399 e. The van der Waals surface area contributed by atoms with Crippen molar-refractivity contribution in [3.63, 3.8) is 0 Å². The molecule has 7 aromatic rings. The molecule has 0 N–H and O–H groups in total. The zero-order valence-corrected chi connectivity index (χ0v) is 57.4. The minimum atomic E-state index is 0. The number of oxime groups is 2. The molecule has 0 bridgehead atoms. The third kappa shape index (κ3) is 41.4. The third-order valence-electron chi connectivity index (χ3n) is 12.0. The second-order valence-electron chi connectivity index (χ2n) is 24.0. The van der Waals surface area contributed by atoms with Crippen molar-refractivity contribution in [1.82, 2.24) is 54.6 Å². The Balaban J connectivity index is 0. The SMILES string of the molecule is C.CC(C)C1(c2ccccn2)CC1.CC(C)Cc1ccccn1.CC(C)Cc1ccnn1C.CC(C)Cc1cscn1.CC(C)c1cncnc1.CCO/N=C\C(C)C.CON=CC(C)C.Cc1cnc(C(C)C)cn1.Cc1cnc(C(C)C)nc1. The van der Waals surface area contributed by atoms with Crippen LogP contribution >= 0.6 is 11.3 Å². The van der Waals surface area contributed by atoms with Crippen molar-refractivity contribution >= 4 is 23.8 Å². The van der Waals surface area contributed by atoms with E-state index in [-0.39, 0.29) is 7.43 Å². The quantitative estimate of drug-likeness (QED) is 0.0662. The first-order chi connectivity index (χ1) is 40.3. The lowest BCUT2D eigenvalue weighted by molar-refractivity contribution is 0.159. The molecule has 15 nitrogen and oxygen atoms in total. The van der Waals surface area contributed by atoms with Crippen LogP contribution in [0.15, 0.2) is 126 Å². The summed E-state index contributed by atoms with van der Waals surface area (Å²) < 4.78 is 1.93. The van der Waals surface area contributed by atoms with Crippen molar-refractivity contribution < 1.29 is 9.68 Å². The summed E-state index contributed by atoms with van der Waals surface area (Å²) in [5.41, 5.74) is 11.7. The van der Waals surface area contributed by atoms with Crippen LogP contribution in [-0.2, 0) is 41.4 Å². The molecule has 1 fully saturated rings. The Morgan fingerprint density at radius 1 is 0.593 bits per heavy atom. The molecule has 16 heteroatoms. The summed E-state index contributed by atoms with van der Waals surface area (Å²) in [6.07, 6.45) is 27.7. The molecule has 0 amide bonds. The molecule has 0 aliphatic heterocycles. The molecule has 1 saturated carbocycles. The molecular weight excluding hydrogens is 1090 g/mol. The van der Waals surface area contributed by atoms with Gasteiger partial charge in [0.05, 0.1) is 22.6 Å². The summed E-state index contributed by atoms with van der Waals surface area (Å²) in [5.74, 6) is 6.22. The second-order valence-corrected chi connectivity index (χ2v) is 24.7. The van der Waals surface area contributed by atoms with E-state index < -0.39 is 0 Å². The van der Waals surface area contributed by atoms with Crippen LogP contribution in [0.4, 0.5) is 0 Å². The van der Waals surface area contributed by atoms with Gasteiger partial charge in [0, 0.05) is 109 Å². The van der Waals surface area contributed by atoms with E-state index in [1.54, 1.807) is 43.4 Å². The minimum Gasteiger partial charge on any atom is -0.399 e. The molecule has 86 heavy (non-hydrogen) atoms.